The summed E-state index contributed by atoms with van der Waals surface area (Å²) in [5.74, 6) is -0.333. The van der Waals surface area contributed by atoms with Crippen molar-refractivity contribution in [2.24, 2.45) is 0 Å². The third kappa shape index (κ3) is 3.99. The van der Waals surface area contributed by atoms with Crippen LogP contribution in [0.4, 0.5) is 5.00 Å². The highest BCUT2D eigenvalue weighted by Crippen LogP contribution is 2.32. The third-order valence-corrected chi connectivity index (χ3v) is 4.71. The van der Waals surface area contributed by atoms with Crippen LogP contribution < -0.4 is 14.8 Å². The van der Waals surface area contributed by atoms with E-state index in [1.807, 2.05) is 6.07 Å². The number of furan rings is 1. The van der Waals surface area contributed by atoms with Gasteiger partial charge in [-0.25, -0.2) is 4.79 Å². The SMILES string of the molecule is COc1cc(C#N)ccc1OC(=O)c1sc(NC(=O)c2ccco2)cc1C. The maximum atomic E-state index is 12.5. The summed E-state index contributed by atoms with van der Waals surface area (Å²) >= 11 is 1.09. The van der Waals surface area contributed by atoms with Crippen LogP contribution in [0, 0.1) is 18.3 Å². The number of methoxy groups -OCH3 is 1. The van der Waals surface area contributed by atoms with Crippen LogP contribution in [0.25, 0.3) is 0 Å². The summed E-state index contributed by atoms with van der Waals surface area (Å²) in [6, 6.07) is 11.3. The molecule has 7 nitrogen and oxygen atoms in total. The Balaban J connectivity index is 1.77. The molecule has 8 heteroatoms. The summed E-state index contributed by atoms with van der Waals surface area (Å²) in [5, 5.41) is 12.1. The van der Waals surface area contributed by atoms with Crippen LogP contribution in [0.15, 0.2) is 47.1 Å². The van der Waals surface area contributed by atoms with E-state index in [9.17, 15) is 9.59 Å². The van der Waals surface area contributed by atoms with Gasteiger partial charge in [0.05, 0.1) is 30.0 Å². The van der Waals surface area contributed by atoms with Crippen LogP contribution in [0.2, 0.25) is 0 Å². The van der Waals surface area contributed by atoms with Gasteiger partial charge < -0.3 is 19.2 Å². The van der Waals surface area contributed by atoms with E-state index in [2.05, 4.69) is 5.32 Å². The van der Waals surface area contributed by atoms with E-state index in [-0.39, 0.29) is 17.3 Å². The molecule has 0 atom stereocenters. The highest BCUT2D eigenvalue weighted by atomic mass is 32.1. The predicted octanol–water partition coefficient (Wildman–Crippen LogP) is 4.00. The maximum Gasteiger partial charge on any atom is 0.354 e. The van der Waals surface area contributed by atoms with Crippen molar-refractivity contribution in [3.8, 4) is 17.6 Å². The molecule has 0 saturated heterocycles. The van der Waals surface area contributed by atoms with Crippen LogP contribution >= 0.6 is 11.3 Å². The minimum absolute atomic E-state index is 0.174. The van der Waals surface area contributed by atoms with Crippen molar-refractivity contribution >= 4 is 28.2 Å². The van der Waals surface area contributed by atoms with Crippen LogP contribution in [0.5, 0.6) is 11.5 Å². The summed E-state index contributed by atoms with van der Waals surface area (Å²) in [5.41, 5.74) is 1.05. The number of amides is 1. The molecule has 27 heavy (non-hydrogen) atoms. The van der Waals surface area contributed by atoms with E-state index in [0.717, 1.165) is 11.3 Å². The number of nitrogens with zero attached hydrogens (tertiary/aromatic N) is 1. The topological polar surface area (TPSA) is 102 Å². The zero-order valence-electron chi connectivity index (χ0n) is 14.4. The first-order valence-electron chi connectivity index (χ1n) is 7.77. The van der Waals surface area contributed by atoms with Crippen LogP contribution in [-0.2, 0) is 0 Å². The fraction of sp³-hybridized carbons (Fsp3) is 0.105. The average molecular weight is 382 g/mol. The van der Waals surface area contributed by atoms with Gasteiger partial charge in [-0.2, -0.15) is 5.26 Å². The lowest BCUT2D eigenvalue weighted by molar-refractivity contribution is 0.0734. The molecule has 0 spiro atoms. The molecular formula is C19H14N2O5S. The van der Waals surface area contributed by atoms with E-state index in [1.165, 1.54) is 31.6 Å². The van der Waals surface area contributed by atoms with E-state index >= 15 is 0 Å². The number of ether oxygens (including phenoxy) is 2. The van der Waals surface area contributed by atoms with Crippen molar-refractivity contribution in [3.05, 3.63) is 64.4 Å². The molecule has 136 valence electrons. The van der Waals surface area contributed by atoms with Gasteiger partial charge in [0.15, 0.2) is 17.3 Å². The van der Waals surface area contributed by atoms with Gasteiger partial charge in [0, 0.05) is 6.07 Å². The second-order valence-corrected chi connectivity index (χ2v) is 6.47. The van der Waals surface area contributed by atoms with Crippen molar-refractivity contribution in [2.45, 2.75) is 6.92 Å². The Hall–Kier alpha value is -3.57. The smallest absolute Gasteiger partial charge is 0.354 e. The van der Waals surface area contributed by atoms with Gasteiger partial charge >= 0.3 is 5.97 Å². The number of esters is 1. The normalized spacial score (nSPS) is 10.1. The zero-order chi connectivity index (χ0) is 19.4. The second kappa shape index (κ2) is 7.76. The lowest BCUT2D eigenvalue weighted by Crippen LogP contribution is -2.09. The summed E-state index contributed by atoms with van der Waals surface area (Å²) in [6.45, 7) is 1.74. The zero-order valence-corrected chi connectivity index (χ0v) is 15.3. The fourth-order valence-electron chi connectivity index (χ4n) is 2.30. The monoisotopic (exact) mass is 382 g/mol. The third-order valence-electron chi connectivity index (χ3n) is 3.58. The molecule has 2 aromatic heterocycles. The Morgan fingerprint density at radius 2 is 2.04 bits per heavy atom. The summed E-state index contributed by atoms with van der Waals surface area (Å²) in [7, 11) is 1.42. The molecule has 0 unspecified atom stereocenters. The van der Waals surface area contributed by atoms with Crippen molar-refractivity contribution < 1.29 is 23.5 Å². The van der Waals surface area contributed by atoms with Crippen LogP contribution in [0.3, 0.4) is 0 Å². The largest absolute Gasteiger partial charge is 0.493 e. The van der Waals surface area contributed by atoms with E-state index < -0.39 is 11.9 Å². The molecule has 0 aliphatic heterocycles. The Morgan fingerprint density at radius 3 is 2.70 bits per heavy atom. The number of carbonyl (C=O) groups excluding carboxylic acids is 2. The molecule has 1 N–H and O–H groups in total. The lowest BCUT2D eigenvalue weighted by Gasteiger charge is -2.09. The van der Waals surface area contributed by atoms with Crippen molar-refractivity contribution in [3.63, 3.8) is 0 Å². The van der Waals surface area contributed by atoms with Crippen molar-refractivity contribution in [1.29, 1.82) is 5.26 Å². The molecule has 1 aromatic carbocycles. The van der Waals surface area contributed by atoms with Gasteiger partial charge in [-0.05, 0) is 42.8 Å². The second-order valence-electron chi connectivity index (χ2n) is 5.42. The lowest BCUT2D eigenvalue weighted by atomic mass is 10.2. The minimum atomic E-state index is -0.584. The van der Waals surface area contributed by atoms with E-state index in [0.29, 0.717) is 21.0 Å². The highest BCUT2D eigenvalue weighted by Gasteiger charge is 2.19. The quantitative estimate of drug-likeness (QED) is 0.529. The number of nitriles is 1. The van der Waals surface area contributed by atoms with Crippen LogP contribution in [-0.4, -0.2) is 19.0 Å². The van der Waals surface area contributed by atoms with E-state index in [4.69, 9.17) is 19.2 Å². The van der Waals surface area contributed by atoms with Crippen molar-refractivity contribution in [1.82, 2.24) is 0 Å². The number of aryl methyl sites for hydroxylation is 1. The van der Waals surface area contributed by atoms with Gasteiger partial charge in [-0.1, -0.05) is 0 Å². The summed E-state index contributed by atoms with van der Waals surface area (Å²) < 4.78 is 15.6. The number of rotatable bonds is 5. The molecule has 0 bridgehead atoms. The molecule has 0 aliphatic carbocycles. The van der Waals surface area contributed by atoms with Gasteiger partial charge in [-0.3, -0.25) is 4.79 Å². The molecule has 3 rings (SSSR count). The minimum Gasteiger partial charge on any atom is -0.493 e. The maximum absolute atomic E-state index is 12.5. The molecule has 0 radical (unpaired) electrons. The standard InChI is InChI=1S/C19H14N2O5S/c1-11-8-16(21-18(22)14-4-3-7-25-14)27-17(11)19(23)26-13-6-5-12(10-20)9-15(13)24-2/h3-9H,1-2H3,(H,21,22). The average Bonchev–Trinajstić information content (AvgIpc) is 3.32. The van der Waals surface area contributed by atoms with Crippen molar-refractivity contribution in [2.75, 3.05) is 12.4 Å². The Labute approximate surface area is 158 Å². The van der Waals surface area contributed by atoms with Gasteiger partial charge in [0.1, 0.15) is 4.88 Å². The first-order chi connectivity index (χ1) is 13.0. The summed E-state index contributed by atoms with van der Waals surface area (Å²) in [6.07, 6.45) is 1.41. The molecule has 3 aromatic rings. The molecular weight excluding hydrogens is 368 g/mol. The first kappa shape index (κ1) is 18.2. The number of nitrogens with one attached hydrogen (secondary N) is 1. The number of anilines is 1. The molecule has 2 heterocycles. The van der Waals surface area contributed by atoms with Gasteiger partial charge in [-0.15, -0.1) is 11.3 Å². The number of benzene rings is 1. The Kier molecular flexibility index (Phi) is 5.24. The number of carbonyl (C=O) groups is 2. The summed E-state index contributed by atoms with van der Waals surface area (Å²) in [4.78, 5) is 24.9. The fourth-order valence-corrected chi connectivity index (χ4v) is 3.24. The molecule has 1 amide bonds. The number of hydrogen-bond donors (Lipinski definition) is 1. The number of hydrogen-bond acceptors (Lipinski definition) is 7. The predicted molar refractivity (Wildman–Crippen MR) is 98.4 cm³/mol. The molecule has 0 fully saturated rings. The number of thiophene rings is 1. The van der Waals surface area contributed by atoms with Crippen LogP contribution in [0.1, 0.15) is 31.4 Å². The van der Waals surface area contributed by atoms with E-state index in [1.54, 1.807) is 25.1 Å². The Morgan fingerprint density at radius 1 is 1.22 bits per heavy atom. The highest BCUT2D eigenvalue weighted by molar-refractivity contribution is 7.18. The first-order valence-corrected chi connectivity index (χ1v) is 8.59. The van der Waals surface area contributed by atoms with Gasteiger partial charge in [0.25, 0.3) is 5.91 Å². The molecule has 0 saturated carbocycles. The Bertz CT molecular complexity index is 1030. The molecule has 0 aliphatic rings. The van der Waals surface area contributed by atoms with Gasteiger partial charge in [0.2, 0.25) is 0 Å².